The van der Waals surface area contributed by atoms with E-state index in [1.54, 1.807) is 36.2 Å². The molecule has 2 aromatic carbocycles. The second-order valence-electron chi connectivity index (χ2n) is 9.16. The third-order valence-corrected chi connectivity index (χ3v) is 6.27. The van der Waals surface area contributed by atoms with E-state index in [-0.39, 0.29) is 24.9 Å². The zero-order chi connectivity index (χ0) is 26.6. The predicted molar refractivity (Wildman–Crippen MR) is 142 cm³/mol. The van der Waals surface area contributed by atoms with Crippen LogP contribution in [0.2, 0.25) is 0 Å². The van der Waals surface area contributed by atoms with Gasteiger partial charge in [0.1, 0.15) is 17.3 Å². The van der Waals surface area contributed by atoms with Gasteiger partial charge in [0.25, 0.3) is 5.91 Å². The summed E-state index contributed by atoms with van der Waals surface area (Å²) >= 11 is 0. The number of hydrogen-bond acceptors (Lipinski definition) is 6. The van der Waals surface area contributed by atoms with Crippen LogP contribution < -0.4 is 11.1 Å². The van der Waals surface area contributed by atoms with Gasteiger partial charge in [-0.15, -0.1) is 0 Å². The number of methoxy groups -OCH3 is 1. The quantitative estimate of drug-likeness (QED) is 0.310. The maximum atomic E-state index is 15.0. The Morgan fingerprint density at radius 1 is 1.03 bits per heavy atom. The molecule has 10 heteroatoms. The van der Waals surface area contributed by atoms with Gasteiger partial charge in [0.05, 0.1) is 31.5 Å². The van der Waals surface area contributed by atoms with Gasteiger partial charge in [-0.25, -0.2) is 9.37 Å². The third kappa shape index (κ3) is 5.40. The minimum Gasteiger partial charge on any atom is -0.383 e. The number of rotatable bonds is 9. The molecule has 5 rings (SSSR count). The second kappa shape index (κ2) is 10.8. The first-order valence-electron chi connectivity index (χ1n) is 12.1. The summed E-state index contributed by atoms with van der Waals surface area (Å²) in [5, 5.41) is 12.6. The molecule has 9 nitrogen and oxygen atoms in total. The van der Waals surface area contributed by atoms with Gasteiger partial charge in [0.15, 0.2) is 0 Å². The SMILES string of the molecule is COCc1nn(Cc2ccc(Cn3cc(C)cn3)cc2)cc1C(=O)NCc1ccc2c(N)nccc2c1F. The monoisotopic (exact) mass is 513 g/mol. The van der Waals surface area contributed by atoms with Crippen molar-refractivity contribution in [2.45, 2.75) is 33.2 Å². The van der Waals surface area contributed by atoms with E-state index in [2.05, 4.69) is 32.6 Å². The molecule has 0 atom stereocenters. The fraction of sp³-hybridized carbons (Fsp3) is 0.214. The lowest BCUT2D eigenvalue weighted by Gasteiger charge is -2.09. The molecule has 0 saturated carbocycles. The summed E-state index contributed by atoms with van der Waals surface area (Å²) < 4.78 is 23.9. The van der Waals surface area contributed by atoms with Gasteiger partial charge in [0, 0.05) is 48.6 Å². The summed E-state index contributed by atoms with van der Waals surface area (Å²) in [4.78, 5) is 17.0. The molecule has 0 bridgehead atoms. The van der Waals surface area contributed by atoms with Gasteiger partial charge in [-0.3, -0.25) is 14.2 Å². The first-order chi connectivity index (χ1) is 18.4. The van der Waals surface area contributed by atoms with Crippen molar-refractivity contribution in [2.24, 2.45) is 0 Å². The highest BCUT2D eigenvalue weighted by molar-refractivity contribution is 5.95. The summed E-state index contributed by atoms with van der Waals surface area (Å²) in [6, 6.07) is 13.1. The Bertz CT molecular complexity index is 1590. The fourth-order valence-electron chi connectivity index (χ4n) is 4.35. The van der Waals surface area contributed by atoms with E-state index in [9.17, 15) is 4.79 Å². The van der Waals surface area contributed by atoms with Crippen LogP contribution in [0, 0.1) is 12.7 Å². The number of amides is 1. The molecule has 194 valence electrons. The van der Waals surface area contributed by atoms with E-state index >= 15 is 4.39 Å². The predicted octanol–water partition coefficient (Wildman–Crippen LogP) is 3.83. The van der Waals surface area contributed by atoms with Crippen molar-refractivity contribution < 1.29 is 13.9 Å². The van der Waals surface area contributed by atoms with E-state index in [1.807, 2.05) is 36.1 Å². The van der Waals surface area contributed by atoms with Crippen LogP contribution in [-0.2, 0) is 31.0 Å². The molecule has 0 radical (unpaired) electrons. The number of nitrogen functional groups attached to an aromatic ring is 1. The minimum absolute atomic E-state index is 0.0116. The van der Waals surface area contributed by atoms with Crippen molar-refractivity contribution in [3.63, 3.8) is 0 Å². The van der Waals surface area contributed by atoms with Crippen molar-refractivity contribution in [2.75, 3.05) is 12.8 Å². The first-order valence-corrected chi connectivity index (χ1v) is 12.1. The highest BCUT2D eigenvalue weighted by Gasteiger charge is 2.18. The summed E-state index contributed by atoms with van der Waals surface area (Å²) in [5.41, 5.74) is 10.4. The Balaban J connectivity index is 1.28. The van der Waals surface area contributed by atoms with E-state index < -0.39 is 5.82 Å². The summed E-state index contributed by atoms with van der Waals surface area (Å²) in [6.07, 6.45) is 6.99. The zero-order valence-electron chi connectivity index (χ0n) is 21.2. The van der Waals surface area contributed by atoms with Gasteiger partial charge >= 0.3 is 0 Å². The van der Waals surface area contributed by atoms with Crippen LogP contribution in [0.1, 0.15) is 38.3 Å². The van der Waals surface area contributed by atoms with Crippen molar-refractivity contribution in [3.05, 3.63) is 107 Å². The van der Waals surface area contributed by atoms with Gasteiger partial charge in [-0.1, -0.05) is 36.4 Å². The van der Waals surface area contributed by atoms with Crippen LogP contribution in [0.15, 0.2) is 67.3 Å². The zero-order valence-corrected chi connectivity index (χ0v) is 21.2. The molecule has 0 fully saturated rings. The largest absolute Gasteiger partial charge is 0.383 e. The van der Waals surface area contributed by atoms with Crippen molar-refractivity contribution in [1.82, 2.24) is 29.9 Å². The van der Waals surface area contributed by atoms with Crippen LogP contribution in [0.4, 0.5) is 10.2 Å². The number of nitrogens with one attached hydrogen (secondary N) is 1. The molecule has 0 unspecified atom stereocenters. The molecule has 3 aromatic heterocycles. The topological polar surface area (TPSA) is 113 Å². The highest BCUT2D eigenvalue weighted by Crippen LogP contribution is 2.24. The highest BCUT2D eigenvalue weighted by atomic mass is 19.1. The number of hydrogen-bond donors (Lipinski definition) is 2. The van der Waals surface area contributed by atoms with Gasteiger partial charge in [-0.05, 0) is 29.7 Å². The molecule has 3 N–H and O–H groups in total. The maximum Gasteiger partial charge on any atom is 0.255 e. The number of aryl methyl sites for hydroxylation is 1. The maximum absolute atomic E-state index is 15.0. The van der Waals surface area contributed by atoms with Crippen LogP contribution in [0.3, 0.4) is 0 Å². The Hall–Kier alpha value is -4.57. The molecule has 1 amide bonds. The smallest absolute Gasteiger partial charge is 0.255 e. The number of carbonyl (C=O) groups is 1. The third-order valence-electron chi connectivity index (χ3n) is 6.27. The van der Waals surface area contributed by atoms with E-state index in [0.717, 1.165) is 16.7 Å². The molecule has 0 aliphatic carbocycles. The number of anilines is 1. The summed E-state index contributed by atoms with van der Waals surface area (Å²) in [6.45, 7) is 3.38. The van der Waals surface area contributed by atoms with Crippen LogP contribution in [0.5, 0.6) is 0 Å². The number of halogens is 1. The lowest BCUT2D eigenvalue weighted by atomic mass is 10.1. The van der Waals surface area contributed by atoms with Crippen molar-refractivity contribution in [3.8, 4) is 0 Å². The van der Waals surface area contributed by atoms with Crippen molar-refractivity contribution >= 4 is 22.5 Å². The molecule has 0 saturated heterocycles. The normalized spacial score (nSPS) is 11.2. The Morgan fingerprint density at radius 3 is 2.45 bits per heavy atom. The standard InChI is InChI=1S/C28H28FN7O2/c1-18-11-33-35(13-18)14-19-3-5-20(6-4-19)15-36-16-24(25(34-36)17-38-2)28(37)32-12-21-7-8-23-22(26(21)29)9-10-31-27(23)30/h3-11,13,16H,12,14-15,17H2,1-2H3,(H2,30,31)(H,32,37). The van der Waals surface area contributed by atoms with E-state index in [0.29, 0.717) is 40.7 Å². The first kappa shape index (κ1) is 25.1. The second-order valence-corrected chi connectivity index (χ2v) is 9.16. The number of pyridine rings is 1. The molecule has 3 heterocycles. The Morgan fingerprint density at radius 2 is 1.76 bits per heavy atom. The number of ether oxygens (including phenoxy) is 1. The van der Waals surface area contributed by atoms with Gasteiger partial charge in [-0.2, -0.15) is 10.2 Å². The number of nitrogens with zero attached hydrogens (tertiary/aromatic N) is 5. The number of fused-ring (bicyclic) bond motifs is 1. The number of nitrogens with two attached hydrogens (primary N) is 1. The molecule has 5 aromatic rings. The Labute approximate surface area is 219 Å². The number of benzene rings is 2. The van der Waals surface area contributed by atoms with E-state index in [1.165, 1.54) is 6.20 Å². The summed E-state index contributed by atoms with van der Waals surface area (Å²) in [7, 11) is 1.55. The van der Waals surface area contributed by atoms with Crippen LogP contribution in [-0.4, -0.2) is 37.6 Å². The number of carbonyl (C=O) groups excluding carboxylic acids is 1. The molecular weight excluding hydrogens is 485 g/mol. The molecule has 0 spiro atoms. The molecule has 0 aliphatic rings. The molecular formula is C28H28FN7O2. The van der Waals surface area contributed by atoms with Crippen LogP contribution >= 0.6 is 0 Å². The average molecular weight is 514 g/mol. The van der Waals surface area contributed by atoms with Crippen LogP contribution in [0.25, 0.3) is 10.8 Å². The van der Waals surface area contributed by atoms with Crippen molar-refractivity contribution in [1.29, 1.82) is 0 Å². The number of aromatic nitrogens is 5. The molecule has 38 heavy (non-hydrogen) atoms. The molecule has 0 aliphatic heterocycles. The van der Waals surface area contributed by atoms with E-state index in [4.69, 9.17) is 10.5 Å². The lowest BCUT2D eigenvalue weighted by Crippen LogP contribution is -2.24. The van der Waals surface area contributed by atoms with Gasteiger partial charge in [0.2, 0.25) is 0 Å². The summed E-state index contributed by atoms with van der Waals surface area (Å²) in [5.74, 6) is -0.533. The van der Waals surface area contributed by atoms with Gasteiger partial charge < -0.3 is 15.8 Å². The average Bonchev–Trinajstić information content (AvgIpc) is 3.50. The Kier molecular flexibility index (Phi) is 7.14. The fourth-order valence-corrected chi connectivity index (χ4v) is 4.35. The minimum atomic E-state index is -0.434. The lowest BCUT2D eigenvalue weighted by molar-refractivity contribution is 0.0945.